The van der Waals surface area contributed by atoms with Crippen molar-refractivity contribution in [3.05, 3.63) is 41.1 Å². The minimum atomic E-state index is 0.655. The fourth-order valence-corrected chi connectivity index (χ4v) is 3.05. The van der Waals surface area contributed by atoms with Crippen molar-refractivity contribution in [2.24, 2.45) is 12.0 Å². The fraction of sp³-hybridized carbons (Fsp3) is 0.600. The Morgan fingerprint density at radius 2 is 2.00 bits per heavy atom. The molecule has 0 atom stereocenters. The maximum atomic E-state index is 5.40. The number of unbranched alkanes of at least 4 members (excludes halogenated alkanes) is 1. The Hall–Kier alpha value is -2.24. The van der Waals surface area contributed by atoms with Crippen LogP contribution < -0.4 is 10.6 Å². The van der Waals surface area contributed by atoms with Crippen LogP contribution in [0.2, 0.25) is 0 Å². The lowest BCUT2D eigenvalue weighted by atomic mass is 10.1. The predicted octanol–water partition coefficient (Wildman–Crippen LogP) is 3.22. The van der Waals surface area contributed by atoms with E-state index in [1.165, 1.54) is 11.3 Å². The summed E-state index contributed by atoms with van der Waals surface area (Å²) in [6.45, 7) is 8.89. The largest absolute Gasteiger partial charge is 0.469 e. The first-order valence-corrected chi connectivity index (χ1v) is 9.77. The molecule has 0 saturated heterocycles. The molecule has 0 bridgehead atoms. The van der Waals surface area contributed by atoms with E-state index in [1.54, 1.807) is 6.26 Å². The molecule has 2 aromatic heterocycles. The number of furan rings is 1. The van der Waals surface area contributed by atoms with E-state index in [1.807, 2.05) is 23.9 Å². The summed E-state index contributed by atoms with van der Waals surface area (Å²) in [6.07, 6.45) is 6.75. The Bertz CT molecular complexity index is 673. The molecule has 2 N–H and O–H groups in total. The van der Waals surface area contributed by atoms with Gasteiger partial charge in [-0.2, -0.15) is 5.10 Å². The van der Waals surface area contributed by atoms with Gasteiger partial charge in [-0.25, -0.2) is 4.99 Å². The second-order valence-corrected chi connectivity index (χ2v) is 6.40. The highest BCUT2D eigenvalue weighted by Crippen LogP contribution is 2.16. The average Bonchev–Trinajstić information content (AvgIpc) is 3.26. The normalized spacial score (nSPS) is 11.8. The Labute approximate surface area is 157 Å². The Morgan fingerprint density at radius 1 is 1.19 bits per heavy atom. The molecule has 2 aromatic rings. The lowest BCUT2D eigenvalue weighted by Crippen LogP contribution is -2.39. The molecule has 0 aliphatic carbocycles. The van der Waals surface area contributed by atoms with Crippen molar-refractivity contribution in [3.8, 4) is 0 Å². The van der Waals surface area contributed by atoms with Crippen molar-refractivity contribution >= 4 is 5.96 Å². The monoisotopic (exact) mass is 359 g/mol. The lowest BCUT2D eigenvalue weighted by Gasteiger charge is -2.12. The van der Waals surface area contributed by atoms with Gasteiger partial charge in [0, 0.05) is 37.8 Å². The number of nitrogens with zero attached hydrogens (tertiary/aromatic N) is 3. The van der Waals surface area contributed by atoms with Crippen molar-refractivity contribution in [2.75, 3.05) is 13.1 Å². The van der Waals surface area contributed by atoms with Gasteiger partial charge in [0.05, 0.1) is 18.5 Å². The van der Waals surface area contributed by atoms with Crippen LogP contribution in [0.1, 0.15) is 56.3 Å². The minimum absolute atomic E-state index is 0.655. The molecule has 6 nitrogen and oxygen atoms in total. The van der Waals surface area contributed by atoms with Crippen LogP contribution in [-0.4, -0.2) is 28.8 Å². The van der Waals surface area contributed by atoms with Gasteiger partial charge in [0.2, 0.25) is 0 Å². The number of guanidine groups is 1. The number of aliphatic imine (C=N–C) groups is 1. The van der Waals surface area contributed by atoms with Crippen molar-refractivity contribution in [2.45, 2.75) is 59.4 Å². The Balaban J connectivity index is 2.03. The van der Waals surface area contributed by atoms with E-state index in [-0.39, 0.29) is 0 Å². The fourth-order valence-electron chi connectivity index (χ4n) is 3.05. The molecule has 0 radical (unpaired) electrons. The first-order chi connectivity index (χ1) is 12.7. The number of nitrogens with one attached hydrogen (secondary N) is 2. The third-order valence-corrected chi connectivity index (χ3v) is 4.49. The summed E-state index contributed by atoms with van der Waals surface area (Å²) in [5.41, 5.74) is 3.69. The highest BCUT2D eigenvalue weighted by atomic mass is 16.3. The molecule has 0 aliphatic rings. The van der Waals surface area contributed by atoms with Gasteiger partial charge in [-0.05, 0) is 31.4 Å². The molecule has 6 heteroatoms. The second-order valence-electron chi connectivity index (χ2n) is 6.40. The molecule has 144 valence electrons. The van der Waals surface area contributed by atoms with Crippen molar-refractivity contribution in [1.82, 2.24) is 20.4 Å². The molecule has 0 amide bonds. The number of rotatable bonds is 10. The van der Waals surface area contributed by atoms with Crippen LogP contribution in [0.4, 0.5) is 0 Å². The second kappa shape index (κ2) is 10.7. The molecule has 0 aromatic carbocycles. The van der Waals surface area contributed by atoms with Crippen LogP contribution in [0.3, 0.4) is 0 Å². The molecule has 2 rings (SSSR count). The first kappa shape index (κ1) is 20.1. The van der Waals surface area contributed by atoms with Gasteiger partial charge in [-0.1, -0.05) is 27.2 Å². The summed E-state index contributed by atoms with van der Waals surface area (Å²) < 4.78 is 7.39. The van der Waals surface area contributed by atoms with Gasteiger partial charge >= 0.3 is 0 Å². The van der Waals surface area contributed by atoms with Crippen molar-refractivity contribution in [3.63, 3.8) is 0 Å². The minimum Gasteiger partial charge on any atom is -0.469 e. The third kappa shape index (κ3) is 5.64. The SMILES string of the molecule is CCCCNC(=NCc1c(CC)nn(C)c1CC)NCCc1ccco1. The van der Waals surface area contributed by atoms with Gasteiger partial charge in [-0.3, -0.25) is 4.68 Å². The zero-order chi connectivity index (χ0) is 18.8. The Kier molecular flexibility index (Phi) is 8.25. The summed E-state index contributed by atoms with van der Waals surface area (Å²) in [5.74, 6) is 1.84. The third-order valence-electron chi connectivity index (χ3n) is 4.49. The topological polar surface area (TPSA) is 67.4 Å². The maximum Gasteiger partial charge on any atom is 0.191 e. The first-order valence-electron chi connectivity index (χ1n) is 9.77. The average molecular weight is 360 g/mol. The number of hydrogen-bond acceptors (Lipinski definition) is 3. The molecule has 26 heavy (non-hydrogen) atoms. The molecule has 0 saturated carbocycles. The zero-order valence-electron chi connectivity index (χ0n) is 16.6. The van der Waals surface area contributed by atoms with E-state index in [2.05, 4.69) is 36.5 Å². The standard InChI is InChI=1S/C20H33N5O/c1-5-8-12-21-20(22-13-11-16-10-9-14-26-16)23-15-17-18(6-2)24-25(4)19(17)7-3/h9-10,14H,5-8,11-13,15H2,1-4H3,(H2,21,22,23). The number of aryl methyl sites for hydroxylation is 2. The van der Waals surface area contributed by atoms with Crippen LogP contribution in [0.5, 0.6) is 0 Å². The summed E-state index contributed by atoms with van der Waals surface area (Å²) in [6, 6.07) is 3.92. The summed E-state index contributed by atoms with van der Waals surface area (Å²) in [7, 11) is 2.02. The van der Waals surface area contributed by atoms with Gasteiger partial charge in [0.1, 0.15) is 5.76 Å². The summed E-state index contributed by atoms with van der Waals surface area (Å²) >= 11 is 0. The predicted molar refractivity (Wildman–Crippen MR) is 106 cm³/mol. The molecule has 0 unspecified atom stereocenters. The van der Waals surface area contributed by atoms with Crippen LogP contribution in [-0.2, 0) is 32.9 Å². The van der Waals surface area contributed by atoms with E-state index in [0.717, 1.165) is 62.6 Å². The summed E-state index contributed by atoms with van der Waals surface area (Å²) in [5, 5.41) is 11.5. The maximum absolute atomic E-state index is 5.40. The highest BCUT2D eigenvalue weighted by Gasteiger charge is 2.13. The van der Waals surface area contributed by atoms with E-state index in [4.69, 9.17) is 9.41 Å². The van der Waals surface area contributed by atoms with Crippen LogP contribution >= 0.6 is 0 Å². The summed E-state index contributed by atoms with van der Waals surface area (Å²) in [4.78, 5) is 4.83. The quantitative estimate of drug-likeness (QED) is 0.388. The number of aromatic nitrogens is 2. The molecule has 2 heterocycles. The molecule has 0 fully saturated rings. The molecule has 0 aliphatic heterocycles. The van der Waals surface area contributed by atoms with Gasteiger partial charge in [-0.15, -0.1) is 0 Å². The molecular weight excluding hydrogens is 326 g/mol. The smallest absolute Gasteiger partial charge is 0.191 e. The molecular formula is C20H33N5O. The van der Waals surface area contributed by atoms with Crippen molar-refractivity contribution < 1.29 is 4.42 Å². The van der Waals surface area contributed by atoms with Crippen LogP contribution in [0, 0.1) is 0 Å². The Morgan fingerprint density at radius 3 is 2.65 bits per heavy atom. The van der Waals surface area contributed by atoms with Gasteiger partial charge < -0.3 is 15.1 Å². The van der Waals surface area contributed by atoms with E-state index >= 15 is 0 Å². The van der Waals surface area contributed by atoms with Crippen molar-refractivity contribution in [1.29, 1.82) is 0 Å². The van der Waals surface area contributed by atoms with Crippen LogP contribution in [0.15, 0.2) is 27.8 Å². The van der Waals surface area contributed by atoms with Gasteiger partial charge in [0.15, 0.2) is 5.96 Å². The van der Waals surface area contributed by atoms with Crippen LogP contribution in [0.25, 0.3) is 0 Å². The molecule has 0 spiro atoms. The van der Waals surface area contributed by atoms with E-state index in [9.17, 15) is 0 Å². The lowest BCUT2D eigenvalue weighted by molar-refractivity contribution is 0.506. The van der Waals surface area contributed by atoms with E-state index in [0.29, 0.717) is 6.54 Å². The zero-order valence-corrected chi connectivity index (χ0v) is 16.6. The van der Waals surface area contributed by atoms with E-state index < -0.39 is 0 Å². The highest BCUT2D eigenvalue weighted by molar-refractivity contribution is 5.79. The number of hydrogen-bond donors (Lipinski definition) is 2. The van der Waals surface area contributed by atoms with Gasteiger partial charge in [0.25, 0.3) is 0 Å².